The lowest BCUT2D eigenvalue weighted by Gasteiger charge is -2.33. The van der Waals surface area contributed by atoms with Gasteiger partial charge < -0.3 is 14.2 Å². The van der Waals surface area contributed by atoms with Gasteiger partial charge in [0, 0.05) is 32.3 Å². The zero-order chi connectivity index (χ0) is 47.4. The molecule has 0 saturated heterocycles. The minimum atomic E-state index is 0.559. The average molecular weight is 872 g/mol. The van der Waals surface area contributed by atoms with Crippen LogP contribution in [0.25, 0.3) is 0 Å². The van der Waals surface area contributed by atoms with E-state index in [0.717, 1.165) is 75.7 Å². The van der Waals surface area contributed by atoms with E-state index in [2.05, 4.69) is 125 Å². The Morgan fingerprint density at radius 2 is 0.426 bits per heavy atom. The highest BCUT2D eigenvalue weighted by molar-refractivity contribution is 4.77. The molecular weight excluding hydrogens is 745 g/mol. The van der Waals surface area contributed by atoms with E-state index in [1.54, 1.807) is 0 Å². The maximum Gasteiger partial charge on any atom is 0.0516 e. The van der Waals surface area contributed by atoms with Gasteiger partial charge in [-0.2, -0.15) is 0 Å². The van der Waals surface area contributed by atoms with Crippen LogP contribution in [0.5, 0.6) is 0 Å². The molecule has 0 N–H and O–H groups in total. The van der Waals surface area contributed by atoms with Gasteiger partial charge in [0.2, 0.25) is 0 Å². The molecule has 0 bridgehead atoms. The Balaban J connectivity index is -0.000000232. The summed E-state index contributed by atoms with van der Waals surface area (Å²) in [7, 11) is 0. The highest BCUT2D eigenvalue weighted by Crippen LogP contribution is 2.39. The summed E-state index contributed by atoms with van der Waals surface area (Å²) < 4.78 is 17.7. The molecule has 4 unspecified atom stereocenters. The van der Waals surface area contributed by atoms with Gasteiger partial charge in [-0.05, 0) is 92.8 Å². The van der Waals surface area contributed by atoms with Crippen molar-refractivity contribution in [3.05, 3.63) is 0 Å². The second kappa shape index (κ2) is 57.9. The molecule has 0 aliphatic rings. The lowest BCUT2D eigenvalue weighted by atomic mass is 9.72. The molecule has 0 fully saturated rings. The van der Waals surface area contributed by atoms with E-state index in [4.69, 9.17) is 14.2 Å². The van der Waals surface area contributed by atoms with Gasteiger partial charge in [0.05, 0.1) is 13.2 Å². The van der Waals surface area contributed by atoms with Crippen LogP contribution in [0.3, 0.4) is 0 Å². The van der Waals surface area contributed by atoms with E-state index >= 15 is 0 Å². The predicted octanol–water partition coefficient (Wildman–Crippen LogP) is 20.6. The summed E-state index contributed by atoms with van der Waals surface area (Å²) in [5, 5.41) is 0. The molecule has 4 atom stereocenters. The second-order valence-electron chi connectivity index (χ2n) is 19.2. The molecular formula is C58H126O3. The Bertz CT molecular complexity index is 655. The van der Waals surface area contributed by atoms with Crippen LogP contribution >= 0.6 is 0 Å². The van der Waals surface area contributed by atoms with Crippen molar-refractivity contribution in [3.63, 3.8) is 0 Å². The Kier molecular flexibility index (Phi) is 66.4. The molecule has 0 heterocycles. The largest absolute Gasteiger partial charge is 0.381 e. The molecule has 0 saturated carbocycles. The third-order valence-electron chi connectivity index (χ3n) is 12.9. The lowest BCUT2D eigenvalue weighted by molar-refractivity contribution is 0.0132. The SMILES string of the molecule is CCC.CCCC(CC)CCC.CCCC(CC)COCC(CC)CCC.CCCC(CC)COCC(CC)COCC(CC)CCC.CCCC(CCC)(CCC)CCC. The summed E-state index contributed by atoms with van der Waals surface area (Å²) in [6.45, 7) is 46.3. The van der Waals surface area contributed by atoms with Crippen molar-refractivity contribution in [1.82, 2.24) is 0 Å². The van der Waals surface area contributed by atoms with Crippen LogP contribution in [0.15, 0.2) is 0 Å². The molecule has 3 nitrogen and oxygen atoms in total. The number of ether oxygens (including phenoxy) is 3. The van der Waals surface area contributed by atoms with Crippen molar-refractivity contribution in [1.29, 1.82) is 0 Å². The topological polar surface area (TPSA) is 27.7 Å². The molecule has 376 valence electrons. The van der Waals surface area contributed by atoms with Gasteiger partial charge in [-0.15, -0.1) is 0 Å². The van der Waals surface area contributed by atoms with E-state index in [1.807, 2.05) is 0 Å². The van der Waals surface area contributed by atoms with E-state index in [9.17, 15) is 0 Å². The number of hydrogen-bond donors (Lipinski definition) is 0. The number of rotatable bonds is 38. The third kappa shape index (κ3) is 49.2. The van der Waals surface area contributed by atoms with Gasteiger partial charge in [0.15, 0.2) is 0 Å². The fourth-order valence-corrected chi connectivity index (χ4v) is 8.98. The lowest BCUT2D eigenvalue weighted by Crippen LogP contribution is -2.20. The van der Waals surface area contributed by atoms with Crippen molar-refractivity contribution >= 4 is 0 Å². The first-order chi connectivity index (χ1) is 29.5. The van der Waals surface area contributed by atoms with E-state index < -0.39 is 0 Å². The van der Waals surface area contributed by atoms with Crippen LogP contribution in [0.4, 0.5) is 0 Å². The standard InChI is InChI=1S/C19H40O2.C14H30O.C13H28.C9H20.C3H8/c1-6-11-17(8-3)13-20-15-19(10-5)16-21-14-18(9-4)12-7-2;1-5-9-13(7-3)11-15-12-14(8-4)10-6-2;1-5-9-13(10-6-2,11-7-3)12-8-4;1-4-7-9(6-3)8-5-2;1-3-2/h17-19H,6-16H2,1-5H3;13-14H,5-12H2,1-4H3;5-12H2,1-4H3;9H,4-8H2,1-3H3;3H2,1-2H3. The molecule has 0 aromatic heterocycles. The maximum absolute atomic E-state index is 5.94. The fraction of sp³-hybridized carbons (Fsp3) is 1.00. The quantitative estimate of drug-likeness (QED) is 0.0619. The third-order valence-corrected chi connectivity index (χ3v) is 12.9. The molecule has 3 heteroatoms. The van der Waals surface area contributed by atoms with Crippen molar-refractivity contribution in [3.8, 4) is 0 Å². The number of hydrogen-bond acceptors (Lipinski definition) is 3. The maximum atomic E-state index is 5.94. The van der Waals surface area contributed by atoms with Crippen molar-refractivity contribution < 1.29 is 14.2 Å². The predicted molar refractivity (Wildman–Crippen MR) is 283 cm³/mol. The minimum Gasteiger partial charge on any atom is -0.381 e. The Hall–Kier alpha value is -0.120. The highest BCUT2D eigenvalue weighted by Gasteiger charge is 2.25. The Morgan fingerprint density at radius 1 is 0.246 bits per heavy atom. The van der Waals surface area contributed by atoms with Gasteiger partial charge in [-0.1, -0.05) is 240 Å². The van der Waals surface area contributed by atoms with Crippen molar-refractivity contribution in [2.24, 2.45) is 40.9 Å². The average Bonchev–Trinajstić information content (AvgIpc) is 3.25. The molecule has 0 rings (SSSR count). The minimum absolute atomic E-state index is 0.559. The zero-order valence-corrected chi connectivity index (χ0v) is 46.5. The first kappa shape index (κ1) is 69.9. The molecule has 0 aromatic carbocycles. The van der Waals surface area contributed by atoms with Gasteiger partial charge >= 0.3 is 0 Å². The van der Waals surface area contributed by atoms with Crippen LogP contribution in [-0.2, 0) is 14.2 Å². The monoisotopic (exact) mass is 871 g/mol. The molecule has 0 amide bonds. The molecule has 0 aliphatic heterocycles. The molecule has 61 heavy (non-hydrogen) atoms. The normalized spacial score (nSPS) is 13.6. The highest BCUT2D eigenvalue weighted by atomic mass is 16.5. The van der Waals surface area contributed by atoms with Crippen molar-refractivity contribution in [2.75, 3.05) is 39.6 Å². The smallest absolute Gasteiger partial charge is 0.0516 e. The van der Waals surface area contributed by atoms with E-state index in [-0.39, 0.29) is 0 Å². The summed E-state index contributed by atoms with van der Waals surface area (Å²) in [5.74, 6) is 4.62. The van der Waals surface area contributed by atoms with E-state index in [0.29, 0.717) is 11.3 Å². The van der Waals surface area contributed by atoms with Gasteiger partial charge in [0.1, 0.15) is 0 Å². The van der Waals surface area contributed by atoms with Crippen LogP contribution in [0.2, 0.25) is 0 Å². The summed E-state index contributed by atoms with van der Waals surface area (Å²) in [6.07, 6.45) is 35.9. The molecule has 0 spiro atoms. The molecule has 0 aliphatic carbocycles. The van der Waals surface area contributed by atoms with Gasteiger partial charge in [0.25, 0.3) is 0 Å². The molecule has 0 aromatic rings. The Morgan fingerprint density at radius 3 is 0.590 bits per heavy atom. The summed E-state index contributed by atoms with van der Waals surface area (Å²) >= 11 is 0. The van der Waals surface area contributed by atoms with E-state index in [1.165, 1.54) is 167 Å². The van der Waals surface area contributed by atoms with Crippen molar-refractivity contribution in [2.45, 2.75) is 298 Å². The first-order valence-electron chi connectivity index (χ1n) is 28.2. The van der Waals surface area contributed by atoms with Crippen LogP contribution in [0, 0.1) is 40.9 Å². The van der Waals surface area contributed by atoms with Crippen LogP contribution < -0.4 is 0 Å². The first-order valence-corrected chi connectivity index (χ1v) is 28.2. The molecule has 0 radical (unpaired) electrons. The fourth-order valence-electron chi connectivity index (χ4n) is 8.98. The second-order valence-corrected chi connectivity index (χ2v) is 19.2. The van der Waals surface area contributed by atoms with Gasteiger partial charge in [-0.25, -0.2) is 0 Å². The summed E-state index contributed by atoms with van der Waals surface area (Å²) in [4.78, 5) is 0. The summed E-state index contributed by atoms with van der Waals surface area (Å²) in [6, 6.07) is 0. The van der Waals surface area contributed by atoms with Gasteiger partial charge in [-0.3, -0.25) is 0 Å². The van der Waals surface area contributed by atoms with Crippen LogP contribution in [0.1, 0.15) is 298 Å². The summed E-state index contributed by atoms with van der Waals surface area (Å²) in [5.41, 5.74) is 0.701. The van der Waals surface area contributed by atoms with Crippen LogP contribution in [-0.4, -0.2) is 39.6 Å². The zero-order valence-electron chi connectivity index (χ0n) is 46.5. The Labute approximate surface area is 391 Å².